The number of rotatable bonds is 2. The van der Waals surface area contributed by atoms with E-state index in [1.807, 2.05) is 60.7 Å². The highest BCUT2D eigenvalue weighted by molar-refractivity contribution is 5.90. The summed E-state index contributed by atoms with van der Waals surface area (Å²) in [7, 11) is 0. The monoisotopic (exact) mass is 355 g/mol. The average molecular weight is 355 g/mol. The van der Waals surface area contributed by atoms with Crippen LogP contribution in [0.15, 0.2) is 66.4 Å². The number of hydrogen-bond acceptors (Lipinski definition) is 4. The molecule has 0 amide bonds. The second kappa shape index (κ2) is 6.93. The summed E-state index contributed by atoms with van der Waals surface area (Å²) in [5.74, 6) is 5.56. The third-order valence-corrected chi connectivity index (χ3v) is 4.54. The molecular formula is C22H17N3O2. The summed E-state index contributed by atoms with van der Waals surface area (Å²) in [4.78, 5) is 17.2. The van der Waals surface area contributed by atoms with Crippen molar-refractivity contribution in [2.24, 2.45) is 5.92 Å². The van der Waals surface area contributed by atoms with Crippen molar-refractivity contribution in [2.75, 3.05) is 0 Å². The molecule has 1 aliphatic heterocycles. The number of aliphatic hydroxyl groups excluding tert-OH is 1. The van der Waals surface area contributed by atoms with E-state index < -0.39 is 5.92 Å². The molecule has 0 radical (unpaired) electrons. The summed E-state index contributed by atoms with van der Waals surface area (Å²) in [6, 6.07) is 19.1. The Labute approximate surface area is 157 Å². The minimum Gasteiger partial charge on any atom is -0.511 e. The van der Waals surface area contributed by atoms with Gasteiger partial charge < -0.3 is 5.11 Å². The predicted octanol–water partition coefficient (Wildman–Crippen LogP) is 3.48. The van der Waals surface area contributed by atoms with E-state index >= 15 is 0 Å². The van der Waals surface area contributed by atoms with Crippen molar-refractivity contribution in [2.45, 2.75) is 13.3 Å². The van der Waals surface area contributed by atoms with Crippen LogP contribution in [-0.2, 0) is 6.42 Å². The lowest BCUT2D eigenvalue weighted by Crippen LogP contribution is -2.32. The molecule has 0 saturated heterocycles. The zero-order valence-corrected chi connectivity index (χ0v) is 14.8. The Balaban J connectivity index is 1.67. The molecule has 0 saturated carbocycles. The fourth-order valence-corrected chi connectivity index (χ4v) is 3.09. The van der Waals surface area contributed by atoms with Crippen molar-refractivity contribution < 1.29 is 9.90 Å². The third-order valence-electron chi connectivity index (χ3n) is 4.54. The summed E-state index contributed by atoms with van der Waals surface area (Å²) >= 11 is 0. The Morgan fingerprint density at radius 2 is 1.70 bits per heavy atom. The highest BCUT2D eigenvalue weighted by atomic mass is 16.3. The summed E-state index contributed by atoms with van der Waals surface area (Å²) in [5, 5.41) is 14.8. The molecule has 2 heterocycles. The highest BCUT2D eigenvalue weighted by Crippen LogP contribution is 2.30. The molecular weight excluding hydrogens is 338 g/mol. The summed E-state index contributed by atoms with van der Waals surface area (Å²) < 4.78 is 1.26. The number of carbonyl (C=O) groups excluding carboxylic acids is 1. The first kappa shape index (κ1) is 16.8. The number of hydrogen-bond donors (Lipinski definition) is 1. The SMILES string of the molecule is CC1=C(O)C(Cc2ccccc2)C(=O)n2nc(C#Cc3ccccc3)nc21. The van der Waals surface area contributed by atoms with Crippen LogP contribution < -0.4 is 0 Å². The summed E-state index contributed by atoms with van der Waals surface area (Å²) in [6.45, 7) is 1.74. The van der Waals surface area contributed by atoms with Gasteiger partial charge >= 0.3 is 0 Å². The van der Waals surface area contributed by atoms with E-state index in [9.17, 15) is 9.90 Å². The van der Waals surface area contributed by atoms with Crippen LogP contribution in [0.3, 0.4) is 0 Å². The van der Waals surface area contributed by atoms with Crippen LogP contribution >= 0.6 is 0 Å². The number of fused-ring (bicyclic) bond motifs is 1. The molecule has 1 N–H and O–H groups in total. The molecule has 0 spiro atoms. The van der Waals surface area contributed by atoms with Gasteiger partial charge in [-0.2, -0.15) is 9.67 Å². The number of nitrogens with zero attached hydrogens (tertiary/aromatic N) is 3. The molecule has 1 unspecified atom stereocenters. The first-order valence-electron chi connectivity index (χ1n) is 8.66. The van der Waals surface area contributed by atoms with Gasteiger partial charge in [-0.3, -0.25) is 4.79 Å². The van der Waals surface area contributed by atoms with Crippen LogP contribution in [0.25, 0.3) is 5.57 Å². The Hall–Kier alpha value is -3.65. The maximum atomic E-state index is 12.9. The van der Waals surface area contributed by atoms with Gasteiger partial charge in [-0.25, -0.2) is 0 Å². The quantitative estimate of drug-likeness (QED) is 0.715. The molecule has 1 atom stereocenters. The zero-order valence-electron chi connectivity index (χ0n) is 14.8. The predicted molar refractivity (Wildman–Crippen MR) is 102 cm³/mol. The molecule has 0 fully saturated rings. The van der Waals surface area contributed by atoms with Gasteiger partial charge in [0.15, 0.2) is 5.82 Å². The minimum absolute atomic E-state index is 0.0475. The lowest BCUT2D eigenvalue weighted by atomic mass is 9.92. The number of allylic oxidation sites excluding steroid dienone is 2. The first-order valence-corrected chi connectivity index (χ1v) is 8.66. The Morgan fingerprint density at radius 1 is 1.04 bits per heavy atom. The number of benzene rings is 2. The smallest absolute Gasteiger partial charge is 0.259 e. The standard InChI is InChI=1S/C22H17N3O2/c1-15-20(26)18(14-17-10-6-3-7-11-17)22(27)25-21(15)23-19(24-25)13-12-16-8-4-2-5-9-16/h2-11,18,26H,14H2,1H3. The van der Waals surface area contributed by atoms with E-state index in [0.717, 1.165) is 11.1 Å². The third kappa shape index (κ3) is 3.25. The molecule has 1 aromatic heterocycles. The van der Waals surface area contributed by atoms with Crippen LogP contribution in [0.2, 0.25) is 0 Å². The van der Waals surface area contributed by atoms with E-state index in [1.54, 1.807) is 6.92 Å². The zero-order chi connectivity index (χ0) is 18.8. The molecule has 1 aliphatic rings. The fraction of sp³-hybridized carbons (Fsp3) is 0.136. The van der Waals surface area contributed by atoms with Gasteiger partial charge in [0.1, 0.15) is 11.7 Å². The van der Waals surface area contributed by atoms with Crippen LogP contribution in [0.5, 0.6) is 0 Å². The van der Waals surface area contributed by atoms with Gasteiger partial charge in [0.05, 0.1) is 0 Å². The molecule has 27 heavy (non-hydrogen) atoms. The normalized spacial score (nSPS) is 15.9. The molecule has 5 nitrogen and oxygen atoms in total. The van der Waals surface area contributed by atoms with Crippen molar-refractivity contribution >= 4 is 11.5 Å². The van der Waals surface area contributed by atoms with Gasteiger partial charge in [-0.15, -0.1) is 5.10 Å². The van der Waals surface area contributed by atoms with Crippen molar-refractivity contribution in [1.82, 2.24) is 14.8 Å². The van der Waals surface area contributed by atoms with Crippen LogP contribution in [0, 0.1) is 17.8 Å². The number of carbonyl (C=O) groups is 1. The van der Waals surface area contributed by atoms with Gasteiger partial charge in [0.25, 0.3) is 5.91 Å². The van der Waals surface area contributed by atoms with E-state index in [-0.39, 0.29) is 17.5 Å². The van der Waals surface area contributed by atoms with Crippen LogP contribution in [-0.4, -0.2) is 25.8 Å². The van der Waals surface area contributed by atoms with Crippen molar-refractivity contribution in [1.29, 1.82) is 0 Å². The average Bonchev–Trinajstić information content (AvgIpc) is 3.14. The Bertz CT molecular complexity index is 1090. The van der Waals surface area contributed by atoms with Gasteiger partial charge in [0, 0.05) is 11.1 Å². The number of aromatic nitrogens is 3. The fourth-order valence-electron chi connectivity index (χ4n) is 3.09. The van der Waals surface area contributed by atoms with E-state index in [2.05, 4.69) is 21.9 Å². The maximum Gasteiger partial charge on any atom is 0.259 e. The highest BCUT2D eigenvalue weighted by Gasteiger charge is 2.35. The largest absolute Gasteiger partial charge is 0.511 e. The van der Waals surface area contributed by atoms with E-state index in [1.165, 1.54) is 4.68 Å². The number of aliphatic hydroxyl groups is 1. The first-order chi connectivity index (χ1) is 13.1. The van der Waals surface area contributed by atoms with Gasteiger partial charge in [0.2, 0.25) is 5.82 Å². The second-order valence-corrected chi connectivity index (χ2v) is 6.38. The maximum absolute atomic E-state index is 12.9. The summed E-state index contributed by atoms with van der Waals surface area (Å²) in [5.41, 5.74) is 2.37. The van der Waals surface area contributed by atoms with Crippen molar-refractivity contribution in [3.8, 4) is 11.8 Å². The molecule has 0 bridgehead atoms. The second-order valence-electron chi connectivity index (χ2n) is 6.38. The van der Waals surface area contributed by atoms with Crippen molar-refractivity contribution in [3.05, 3.63) is 89.2 Å². The van der Waals surface area contributed by atoms with E-state index in [4.69, 9.17) is 0 Å². The van der Waals surface area contributed by atoms with Crippen molar-refractivity contribution in [3.63, 3.8) is 0 Å². The molecule has 0 aliphatic carbocycles. The lowest BCUT2D eigenvalue weighted by molar-refractivity contribution is 0.0800. The molecule has 4 rings (SSSR count). The lowest BCUT2D eigenvalue weighted by Gasteiger charge is -2.22. The van der Waals surface area contributed by atoms with Gasteiger partial charge in [-0.05, 0) is 37.0 Å². The van der Waals surface area contributed by atoms with Gasteiger partial charge in [-0.1, -0.05) is 54.5 Å². The molecule has 2 aromatic carbocycles. The molecule has 3 aromatic rings. The van der Waals surface area contributed by atoms with E-state index in [0.29, 0.717) is 17.8 Å². The van der Waals surface area contributed by atoms with Crippen LogP contribution in [0.4, 0.5) is 0 Å². The molecule has 132 valence electrons. The minimum atomic E-state index is -0.670. The molecule has 5 heteroatoms. The summed E-state index contributed by atoms with van der Waals surface area (Å²) in [6.07, 6.45) is 0.410. The topological polar surface area (TPSA) is 68.0 Å². The Kier molecular flexibility index (Phi) is 4.31. The Morgan fingerprint density at radius 3 is 2.41 bits per heavy atom. The van der Waals surface area contributed by atoms with Crippen LogP contribution in [0.1, 0.15) is 34.5 Å².